The summed E-state index contributed by atoms with van der Waals surface area (Å²) < 4.78 is 16.7. The number of aromatic nitrogens is 4. The molecule has 1 aliphatic rings. The quantitative estimate of drug-likeness (QED) is 0.555. The van der Waals surface area contributed by atoms with Crippen molar-refractivity contribution < 1.29 is 4.39 Å². The second-order valence-electron chi connectivity index (χ2n) is 7.55. The van der Waals surface area contributed by atoms with Crippen LogP contribution in [0.25, 0.3) is 28.0 Å². The fourth-order valence-corrected chi connectivity index (χ4v) is 4.10. The summed E-state index contributed by atoms with van der Waals surface area (Å²) in [5.74, 6) is 1.00. The van der Waals surface area contributed by atoms with Crippen molar-refractivity contribution >= 4 is 16.9 Å². The summed E-state index contributed by atoms with van der Waals surface area (Å²) >= 11 is 0. The molecule has 5 rings (SSSR count). The molecule has 0 spiro atoms. The van der Waals surface area contributed by atoms with Crippen LogP contribution in [0.2, 0.25) is 0 Å². The van der Waals surface area contributed by atoms with Crippen molar-refractivity contribution in [3.63, 3.8) is 0 Å². The van der Waals surface area contributed by atoms with Gasteiger partial charge in [-0.3, -0.25) is 4.57 Å². The maximum absolute atomic E-state index is 14.9. The lowest BCUT2D eigenvalue weighted by atomic mass is 10.0. The summed E-state index contributed by atoms with van der Waals surface area (Å²) in [6.07, 6.45) is 4.95. The number of pyridine rings is 1. The van der Waals surface area contributed by atoms with Crippen LogP contribution >= 0.6 is 0 Å². The van der Waals surface area contributed by atoms with Gasteiger partial charge in [0.15, 0.2) is 5.65 Å². The van der Waals surface area contributed by atoms with Crippen LogP contribution < -0.4 is 10.2 Å². The Kier molecular flexibility index (Phi) is 4.81. The molecule has 0 unspecified atom stereocenters. The third-order valence-electron chi connectivity index (χ3n) is 5.62. The minimum atomic E-state index is -0.316. The van der Waals surface area contributed by atoms with Crippen LogP contribution in [-0.2, 0) is 0 Å². The Morgan fingerprint density at radius 1 is 1.16 bits per heavy atom. The van der Waals surface area contributed by atoms with E-state index in [1.54, 1.807) is 35.0 Å². The van der Waals surface area contributed by atoms with Gasteiger partial charge in [-0.15, -0.1) is 0 Å². The van der Waals surface area contributed by atoms with Gasteiger partial charge in [-0.1, -0.05) is 18.2 Å². The molecule has 7 nitrogen and oxygen atoms in total. The molecule has 1 aromatic carbocycles. The van der Waals surface area contributed by atoms with Gasteiger partial charge in [0.25, 0.3) is 0 Å². The minimum Gasteiger partial charge on any atom is -0.351 e. The van der Waals surface area contributed by atoms with E-state index in [4.69, 9.17) is 0 Å². The van der Waals surface area contributed by atoms with E-state index in [1.807, 2.05) is 12.3 Å². The first kappa shape index (κ1) is 19.2. The number of nitriles is 1. The van der Waals surface area contributed by atoms with Crippen LogP contribution in [0.15, 0.2) is 55.1 Å². The van der Waals surface area contributed by atoms with Crippen LogP contribution in [0.3, 0.4) is 0 Å². The number of nitrogens with one attached hydrogen (secondary N) is 1. The number of hydrogen-bond donors (Lipinski definition) is 1. The number of anilines is 1. The van der Waals surface area contributed by atoms with E-state index >= 15 is 0 Å². The Bertz CT molecular complexity index is 1310. The molecule has 1 N–H and O–H groups in total. The van der Waals surface area contributed by atoms with Gasteiger partial charge >= 0.3 is 0 Å². The monoisotopic (exact) mass is 413 g/mol. The van der Waals surface area contributed by atoms with E-state index in [9.17, 15) is 9.65 Å². The highest BCUT2D eigenvalue weighted by Crippen LogP contribution is 2.38. The van der Waals surface area contributed by atoms with E-state index in [2.05, 4.69) is 38.2 Å². The molecule has 4 heterocycles. The predicted molar refractivity (Wildman–Crippen MR) is 116 cm³/mol. The maximum atomic E-state index is 14.9. The highest BCUT2D eigenvalue weighted by molar-refractivity contribution is 6.02. The second kappa shape index (κ2) is 7.78. The summed E-state index contributed by atoms with van der Waals surface area (Å²) in [6, 6.07) is 12.4. The number of benzene rings is 1. The van der Waals surface area contributed by atoms with Crippen molar-refractivity contribution in [2.75, 3.05) is 24.5 Å². The summed E-state index contributed by atoms with van der Waals surface area (Å²) in [5.41, 5.74) is 2.28. The number of halogens is 1. The third kappa shape index (κ3) is 3.29. The molecular formula is C23H20FN7. The Labute approximate surface area is 178 Å². The maximum Gasteiger partial charge on any atom is 0.151 e. The molecule has 8 heteroatoms. The van der Waals surface area contributed by atoms with Crippen LogP contribution in [0.4, 0.5) is 10.2 Å². The second-order valence-corrected chi connectivity index (χ2v) is 7.55. The molecule has 0 saturated carbocycles. The number of fused-ring (bicyclic) bond motifs is 1. The van der Waals surface area contributed by atoms with E-state index < -0.39 is 0 Å². The van der Waals surface area contributed by atoms with Crippen LogP contribution in [-0.4, -0.2) is 45.2 Å². The average molecular weight is 413 g/mol. The van der Waals surface area contributed by atoms with Crippen LogP contribution in [0.5, 0.6) is 0 Å². The molecule has 0 amide bonds. The van der Waals surface area contributed by atoms with Gasteiger partial charge in [0.2, 0.25) is 0 Å². The Balaban J connectivity index is 1.82. The molecular weight excluding hydrogens is 393 g/mol. The summed E-state index contributed by atoms with van der Waals surface area (Å²) in [7, 11) is 0. The molecule has 0 bridgehead atoms. The number of nitrogens with zero attached hydrogens (tertiary/aromatic N) is 6. The zero-order valence-electron chi connectivity index (χ0n) is 17.0. The average Bonchev–Trinajstić information content (AvgIpc) is 3.20. The molecule has 0 aliphatic carbocycles. The highest BCUT2D eigenvalue weighted by Gasteiger charge is 2.26. The molecule has 1 atom stereocenters. The molecule has 0 radical (unpaired) electrons. The molecule has 4 aromatic rings. The first-order chi connectivity index (χ1) is 15.2. The Hall–Kier alpha value is -3.83. The van der Waals surface area contributed by atoms with Crippen LogP contribution in [0.1, 0.15) is 12.5 Å². The van der Waals surface area contributed by atoms with Crippen LogP contribution in [0, 0.1) is 17.1 Å². The minimum absolute atomic E-state index is 0.226. The number of piperazine rings is 1. The topological polar surface area (TPSA) is 82.7 Å². The molecule has 1 saturated heterocycles. The third-order valence-corrected chi connectivity index (χ3v) is 5.62. The van der Waals surface area contributed by atoms with Gasteiger partial charge in [0, 0.05) is 49.2 Å². The van der Waals surface area contributed by atoms with E-state index in [0.717, 1.165) is 30.8 Å². The van der Waals surface area contributed by atoms with Crippen molar-refractivity contribution in [2.24, 2.45) is 0 Å². The van der Waals surface area contributed by atoms with Gasteiger partial charge < -0.3 is 10.2 Å². The van der Waals surface area contributed by atoms with Crippen molar-refractivity contribution in [1.82, 2.24) is 24.8 Å². The molecule has 154 valence electrons. The molecule has 31 heavy (non-hydrogen) atoms. The standard InChI is InChI=1S/C23H20FN7/c1-15-12-26-8-9-30(15)22-21-18(17-4-2-3-5-19(17)24)13-31(23(21)29-14-28-22)20-10-16(11-25)6-7-27-20/h2-7,10,13-15,26H,8-9,12H2,1H3/t15-/m1/s1. The van der Waals surface area contributed by atoms with Crippen molar-refractivity contribution in [2.45, 2.75) is 13.0 Å². The van der Waals surface area contributed by atoms with E-state index in [0.29, 0.717) is 28.2 Å². The van der Waals surface area contributed by atoms with E-state index in [1.165, 1.54) is 12.4 Å². The predicted octanol–water partition coefficient (Wildman–Crippen LogP) is 3.29. The fraction of sp³-hybridized carbons (Fsp3) is 0.217. The zero-order chi connectivity index (χ0) is 21.4. The summed E-state index contributed by atoms with van der Waals surface area (Å²) in [4.78, 5) is 15.8. The van der Waals surface area contributed by atoms with E-state index in [-0.39, 0.29) is 11.9 Å². The Morgan fingerprint density at radius 2 is 2.03 bits per heavy atom. The van der Waals surface area contributed by atoms with Gasteiger partial charge in [-0.25, -0.2) is 19.3 Å². The normalized spacial score (nSPS) is 16.4. The van der Waals surface area contributed by atoms with Crippen molar-refractivity contribution in [1.29, 1.82) is 5.26 Å². The molecule has 3 aromatic heterocycles. The van der Waals surface area contributed by atoms with Gasteiger partial charge in [-0.2, -0.15) is 5.26 Å². The lowest BCUT2D eigenvalue weighted by Crippen LogP contribution is -2.50. The first-order valence-electron chi connectivity index (χ1n) is 10.1. The van der Waals surface area contributed by atoms with Gasteiger partial charge in [0.1, 0.15) is 23.8 Å². The SMILES string of the molecule is C[C@@H]1CNCCN1c1ncnc2c1c(-c1ccccc1F)cn2-c1cc(C#N)ccn1. The fourth-order valence-electron chi connectivity index (χ4n) is 4.10. The lowest BCUT2D eigenvalue weighted by Gasteiger charge is -2.35. The van der Waals surface area contributed by atoms with Gasteiger partial charge in [-0.05, 0) is 25.1 Å². The highest BCUT2D eigenvalue weighted by atomic mass is 19.1. The Morgan fingerprint density at radius 3 is 2.84 bits per heavy atom. The lowest BCUT2D eigenvalue weighted by molar-refractivity contribution is 0.498. The number of rotatable bonds is 3. The van der Waals surface area contributed by atoms with Crippen molar-refractivity contribution in [3.05, 3.63) is 66.5 Å². The molecule has 1 fully saturated rings. The summed E-state index contributed by atoms with van der Waals surface area (Å²) in [5, 5.41) is 13.5. The zero-order valence-corrected chi connectivity index (χ0v) is 17.0. The largest absolute Gasteiger partial charge is 0.351 e. The van der Waals surface area contributed by atoms with Gasteiger partial charge in [0.05, 0.1) is 17.0 Å². The summed E-state index contributed by atoms with van der Waals surface area (Å²) in [6.45, 7) is 4.61. The smallest absolute Gasteiger partial charge is 0.151 e. The van der Waals surface area contributed by atoms with Crippen molar-refractivity contribution in [3.8, 4) is 23.0 Å². The number of hydrogen-bond acceptors (Lipinski definition) is 6. The first-order valence-corrected chi connectivity index (χ1v) is 10.1. The molecule has 1 aliphatic heterocycles.